The summed E-state index contributed by atoms with van der Waals surface area (Å²) in [6, 6.07) is -0.660. The van der Waals surface area contributed by atoms with Gasteiger partial charge in [-0.1, -0.05) is 58.3 Å². The minimum Gasteiger partial charge on any atom is -0.465 e. The lowest BCUT2D eigenvalue weighted by Gasteiger charge is -2.08. The van der Waals surface area contributed by atoms with Crippen LogP contribution in [0.1, 0.15) is 64.7 Å². The van der Waals surface area contributed by atoms with Gasteiger partial charge in [-0.25, -0.2) is 4.79 Å². The van der Waals surface area contributed by atoms with Gasteiger partial charge in [0.15, 0.2) is 0 Å². The SMILES string of the molecule is CCCCCCCCCCC([C]=O)NC(=O)O. The van der Waals surface area contributed by atoms with Crippen molar-refractivity contribution >= 4 is 12.4 Å². The van der Waals surface area contributed by atoms with Crippen LogP contribution in [0.15, 0.2) is 0 Å². The van der Waals surface area contributed by atoms with Crippen molar-refractivity contribution in [2.45, 2.75) is 70.8 Å². The molecule has 99 valence electrons. The van der Waals surface area contributed by atoms with Gasteiger partial charge in [-0.05, 0) is 6.42 Å². The van der Waals surface area contributed by atoms with Crippen molar-refractivity contribution in [3.63, 3.8) is 0 Å². The maximum Gasteiger partial charge on any atom is 0.405 e. The van der Waals surface area contributed by atoms with Crippen LogP contribution in [0.2, 0.25) is 0 Å². The normalized spacial score (nSPS) is 12.1. The van der Waals surface area contributed by atoms with E-state index in [0.717, 1.165) is 12.8 Å². The first kappa shape index (κ1) is 15.9. The average molecular weight is 242 g/mol. The van der Waals surface area contributed by atoms with Crippen molar-refractivity contribution in [1.82, 2.24) is 5.32 Å². The highest BCUT2D eigenvalue weighted by Gasteiger charge is 2.09. The molecule has 1 unspecified atom stereocenters. The first-order chi connectivity index (χ1) is 8.20. The van der Waals surface area contributed by atoms with Crippen molar-refractivity contribution in [2.75, 3.05) is 0 Å². The van der Waals surface area contributed by atoms with E-state index in [1.54, 1.807) is 6.29 Å². The minimum absolute atomic E-state index is 0.560. The van der Waals surface area contributed by atoms with Crippen LogP contribution in [0.5, 0.6) is 0 Å². The highest BCUT2D eigenvalue weighted by Crippen LogP contribution is 2.10. The van der Waals surface area contributed by atoms with Gasteiger partial charge in [-0.3, -0.25) is 4.79 Å². The van der Waals surface area contributed by atoms with Gasteiger partial charge in [-0.15, -0.1) is 0 Å². The summed E-state index contributed by atoms with van der Waals surface area (Å²) in [5, 5.41) is 10.6. The summed E-state index contributed by atoms with van der Waals surface area (Å²) in [7, 11) is 0. The van der Waals surface area contributed by atoms with Gasteiger partial charge in [0.1, 0.15) is 0 Å². The predicted molar refractivity (Wildman–Crippen MR) is 67.9 cm³/mol. The van der Waals surface area contributed by atoms with Crippen molar-refractivity contribution in [3.05, 3.63) is 0 Å². The molecule has 0 aliphatic heterocycles. The summed E-state index contributed by atoms with van der Waals surface area (Å²) in [5.41, 5.74) is 0. The lowest BCUT2D eigenvalue weighted by molar-refractivity contribution is 0.192. The van der Waals surface area contributed by atoms with Crippen LogP contribution in [0, 0.1) is 0 Å². The standard InChI is InChI=1S/C13H24NO3/c1-2-3-4-5-6-7-8-9-10-12(11-15)14-13(16)17/h12,14H,2-10H2,1H3,(H,16,17). The zero-order valence-electron chi connectivity index (χ0n) is 10.7. The van der Waals surface area contributed by atoms with Crippen LogP contribution in [-0.4, -0.2) is 23.5 Å². The van der Waals surface area contributed by atoms with Gasteiger partial charge < -0.3 is 10.4 Å². The summed E-state index contributed by atoms with van der Waals surface area (Å²) >= 11 is 0. The number of hydrogen-bond donors (Lipinski definition) is 2. The van der Waals surface area contributed by atoms with Crippen molar-refractivity contribution in [2.24, 2.45) is 0 Å². The molecule has 0 saturated heterocycles. The van der Waals surface area contributed by atoms with Crippen molar-refractivity contribution in [3.8, 4) is 0 Å². The van der Waals surface area contributed by atoms with E-state index in [0.29, 0.717) is 6.42 Å². The van der Waals surface area contributed by atoms with Gasteiger partial charge in [-0.2, -0.15) is 0 Å². The molecule has 0 bridgehead atoms. The molecule has 0 heterocycles. The molecule has 0 fully saturated rings. The quantitative estimate of drug-likeness (QED) is 0.546. The van der Waals surface area contributed by atoms with E-state index in [4.69, 9.17) is 5.11 Å². The molecule has 0 aliphatic rings. The molecule has 0 rings (SSSR count). The second-order valence-electron chi connectivity index (χ2n) is 4.38. The number of unbranched alkanes of at least 4 members (excludes halogenated alkanes) is 7. The molecule has 0 aromatic heterocycles. The van der Waals surface area contributed by atoms with Crippen LogP contribution in [0.4, 0.5) is 4.79 Å². The van der Waals surface area contributed by atoms with Crippen molar-refractivity contribution < 1.29 is 14.7 Å². The Morgan fingerprint density at radius 1 is 1.12 bits per heavy atom. The number of carbonyl (C=O) groups excluding carboxylic acids is 1. The Morgan fingerprint density at radius 3 is 2.12 bits per heavy atom. The van der Waals surface area contributed by atoms with E-state index in [1.165, 1.54) is 38.5 Å². The molecule has 0 aromatic carbocycles. The van der Waals surface area contributed by atoms with E-state index in [1.807, 2.05) is 0 Å². The number of rotatable bonds is 11. The summed E-state index contributed by atoms with van der Waals surface area (Å²) in [6.07, 6.45) is 10.6. The van der Waals surface area contributed by atoms with Crippen LogP contribution in [-0.2, 0) is 4.79 Å². The maximum absolute atomic E-state index is 10.4. The number of carbonyl (C=O) groups is 1. The molecule has 17 heavy (non-hydrogen) atoms. The Balaban J connectivity index is 3.31. The highest BCUT2D eigenvalue weighted by molar-refractivity contribution is 5.71. The number of carboxylic acid groups (broad SMARTS) is 1. The zero-order chi connectivity index (χ0) is 12.9. The lowest BCUT2D eigenvalue weighted by Crippen LogP contribution is -2.34. The van der Waals surface area contributed by atoms with Gasteiger partial charge in [0.2, 0.25) is 6.29 Å². The van der Waals surface area contributed by atoms with Crippen LogP contribution < -0.4 is 5.32 Å². The highest BCUT2D eigenvalue weighted by atomic mass is 16.4. The minimum atomic E-state index is -1.15. The van der Waals surface area contributed by atoms with Crippen LogP contribution in [0.25, 0.3) is 0 Å². The number of nitrogens with one attached hydrogen (secondary N) is 1. The molecule has 0 aromatic rings. The number of amides is 1. The molecule has 1 radical (unpaired) electrons. The molecule has 1 amide bonds. The summed E-state index contributed by atoms with van der Waals surface area (Å²) < 4.78 is 0. The zero-order valence-corrected chi connectivity index (χ0v) is 10.7. The second-order valence-corrected chi connectivity index (χ2v) is 4.38. The van der Waals surface area contributed by atoms with E-state index >= 15 is 0 Å². The third-order valence-corrected chi connectivity index (χ3v) is 2.79. The molecule has 1 atom stereocenters. The van der Waals surface area contributed by atoms with E-state index in [-0.39, 0.29) is 0 Å². The molecule has 2 N–H and O–H groups in total. The molecule has 0 aliphatic carbocycles. The molecule has 0 saturated carbocycles. The summed E-state index contributed by atoms with van der Waals surface area (Å²) in [6.45, 7) is 2.20. The fourth-order valence-corrected chi connectivity index (χ4v) is 1.79. The van der Waals surface area contributed by atoms with Crippen LogP contribution in [0.3, 0.4) is 0 Å². The molecule has 4 heteroatoms. The second kappa shape index (κ2) is 11.4. The maximum atomic E-state index is 10.4. The van der Waals surface area contributed by atoms with Gasteiger partial charge >= 0.3 is 6.09 Å². The average Bonchev–Trinajstić information content (AvgIpc) is 2.30. The fourth-order valence-electron chi connectivity index (χ4n) is 1.79. The lowest BCUT2D eigenvalue weighted by atomic mass is 10.1. The third kappa shape index (κ3) is 11.2. The Morgan fingerprint density at radius 2 is 1.65 bits per heavy atom. The monoisotopic (exact) mass is 242 g/mol. The Kier molecular flexibility index (Phi) is 10.7. The van der Waals surface area contributed by atoms with Crippen LogP contribution >= 0.6 is 0 Å². The number of hydrogen-bond acceptors (Lipinski definition) is 2. The Hall–Kier alpha value is -1.06. The molecule has 4 nitrogen and oxygen atoms in total. The van der Waals surface area contributed by atoms with Gasteiger partial charge in [0.25, 0.3) is 0 Å². The Labute approximate surface area is 104 Å². The molecule has 0 spiro atoms. The van der Waals surface area contributed by atoms with Gasteiger partial charge in [0.05, 0.1) is 6.04 Å². The van der Waals surface area contributed by atoms with E-state index in [9.17, 15) is 9.59 Å². The topological polar surface area (TPSA) is 66.4 Å². The predicted octanol–water partition coefficient (Wildman–Crippen LogP) is 3.26. The Bertz CT molecular complexity index is 207. The fraction of sp³-hybridized carbons (Fsp3) is 0.846. The largest absolute Gasteiger partial charge is 0.465 e. The molecular weight excluding hydrogens is 218 g/mol. The van der Waals surface area contributed by atoms with Gasteiger partial charge in [0, 0.05) is 0 Å². The third-order valence-electron chi connectivity index (χ3n) is 2.79. The van der Waals surface area contributed by atoms with E-state index < -0.39 is 12.1 Å². The summed E-state index contributed by atoms with van der Waals surface area (Å²) in [5.74, 6) is 0. The first-order valence-electron chi connectivity index (χ1n) is 6.57. The smallest absolute Gasteiger partial charge is 0.405 e. The molecular formula is C13H24NO3. The first-order valence-corrected chi connectivity index (χ1v) is 6.57. The van der Waals surface area contributed by atoms with E-state index in [2.05, 4.69) is 12.2 Å². The van der Waals surface area contributed by atoms with Crippen molar-refractivity contribution in [1.29, 1.82) is 0 Å². The summed E-state index contributed by atoms with van der Waals surface area (Å²) in [4.78, 5) is 20.7.